The Morgan fingerprint density at radius 2 is 2.19 bits per heavy atom. The molecule has 1 N–H and O–H groups in total. The predicted octanol–water partition coefficient (Wildman–Crippen LogP) is 4.02. The third-order valence-corrected chi connectivity index (χ3v) is 4.59. The molecule has 21 heavy (non-hydrogen) atoms. The SMILES string of the molecule is CC(C)NCc1cnc(-c2cccc3c2OC(C)(C)C3)s1. The number of fused-ring (bicyclic) bond motifs is 1. The van der Waals surface area contributed by atoms with Gasteiger partial charge in [-0.1, -0.05) is 26.0 Å². The van der Waals surface area contributed by atoms with E-state index in [0.717, 1.165) is 29.3 Å². The molecule has 0 saturated carbocycles. The Kier molecular flexibility index (Phi) is 3.76. The number of hydrogen-bond acceptors (Lipinski definition) is 4. The van der Waals surface area contributed by atoms with Crippen LogP contribution in [0.5, 0.6) is 5.75 Å². The molecule has 1 aliphatic heterocycles. The van der Waals surface area contributed by atoms with Crippen molar-refractivity contribution in [3.8, 4) is 16.3 Å². The van der Waals surface area contributed by atoms with E-state index in [0.29, 0.717) is 6.04 Å². The Labute approximate surface area is 130 Å². The van der Waals surface area contributed by atoms with Crippen LogP contribution in [0.3, 0.4) is 0 Å². The molecule has 0 aliphatic carbocycles. The molecular formula is C17H22N2OS. The standard InChI is InChI=1S/C17H22N2OS/c1-11(2)18-9-13-10-19-16(21-13)14-7-5-6-12-8-17(3,4)20-15(12)14/h5-7,10-11,18H,8-9H2,1-4H3. The summed E-state index contributed by atoms with van der Waals surface area (Å²) in [4.78, 5) is 5.85. The number of aromatic nitrogens is 1. The first-order chi connectivity index (χ1) is 9.94. The molecule has 0 spiro atoms. The third-order valence-electron chi connectivity index (χ3n) is 3.56. The lowest BCUT2D eigenvalue weighted by Gasteiger charge is -2.17. The fourth-order valence-corrected chi connectivity index (χ4v) is 3.49. The highest BCUT2D eigenvalue weighted by Gasteiger charge is 2.32. The first kappa shape index (κ1) is 14.5. The fourth-order valence-electron chi connectivity index (χ4n) is 2.60. The first-order valence-electron chi connectivity index (χ1n) is 7.44. The number of ether oxygens (including phenoxy) is 1. The van der Waals surface area contributed by atoms with Crippen molar-refractivity contribution in [1.29, 1.82) is 0 Å². The van der Waals surface area contributed by atoms with Gasteiger partial charge in [0.05, 0.1) is 5.56 Å². The molecule has 4 heteroatoms. The van der Waals surface area contributed by atoms with Crippen LogP contribution < -0.4 is 10.1 Å². The predicted molar refractivity (Wildman–Crippen MR) is 87.9 cm³/mol. The van der Waals surface area contributed by atoms with Crippen molar-refractivity contribution in [2.24, 2.45) is 0 Å². The summed E-state index contributed by atoms with van der Waals surface area (Å²) in [5.41, 5.74) is 2.30. The van der Waals surface area contributed by atoms with Crippen LogP contribution in [0.2, 0.25) is 0 Å². The molecule has 0 radical (unpaired) electrons. The lowest BCUT2D eigenvalue weighted by atomic mass is 10.0. The van der Waals surface area contributed by atoms with E-state index in [9.17, 15) is 0 Å². The molecule has 112 valence electrons. The van der Waals surface area contributed by atoms with Gasteiger partial charge in [-0.05, 0) is 25.5 Å². The minimum atomic E-state index is -0.113. The highest BCUT2D eigenvalue weighted by molar-refractivity contribution is 7.15. The summed E-state index contributed by atoms with van der Waals surface area (Å²) in [5, 5.41) is 4.48. The number of rotatable bonds is 4. The van der Waals surface area contributed by atoms with Gasteiger partial charge >= 0.3 is 0 Å². The maximum atomic E-state index is 6.14. The van der Waals surface area contributed by atoms with Crippen molar-refractivity contribution in [1.82, 2.24) is 10.3 Å². The fraction of sp³-hybridized carbons (Fsp3) is 0.471. The van der Waals surface area contributed by atoms with Crippen LogP contribution in [0.15, 0.2) is 24.4 Å². The van der Waals surface area contributed by atoms with Gasteiger partial charge in [-0.2, -0.15) is 0 Å². The van der Waals surface area contributed by atoms with Crippen molar-refractivity contribution in [2.75, 3.05) is 0 Å². The first-order valence-corrected chi connectivity index (χ1v) is 8.26. The van der Waals surface area contributed by atoms with Gasteiger partial charge in [-0.15, -0.1) is 11.3 Å². The maximum Gasteiger partial charge on any atom is 0.133 e. The molecule has 3 rings (SSSR count). The molecule has 0 unspecified atom stereocenters. The molecule has 0 bridgehead atoms. The number of para-hydroxylation sites is 1. The number of nitrogens with zero attached hydrogens (tertiary/aromatic N) is 1. The second kappa shape index (κ2) is 5.43. The number of benzene rings is 1. The van der Waals surface area contributed by atoms with Crippen molar-refractivity contribution in [3.05, 3.63) is 34.8 Å². The van der Waals surface area contributed by atoms with Crippen molar-refractivity contribution in [3.63, 3.8) is 0 Å². The largest absolute Gasteiger partial charge is 0.486 e. The molecule has 1 aliphatic rings. The van der Waals surface area contributed by atoms with Gasteiger partial charge in [0.2, 0.25) is 0 Å². The van der Waals surface area contributed by atoms with E-state index in [2.05, 4.69) is 56.2 Å². The van der Waals surface area contributed by atoms with Gasteiger partial charge in [0.15, 0.2) is 0 Å². The molecular weight excluding hydrogens is 280 g/mol. The van der Waals surface area contributed by atoms with Gasteiger partial charge in [0.25, 0.3) is 0 Å². The second-order valence-corrected chi connectivity index (χ2v) is 7.61. The Morgan fingerprint density at radius 3 is 2.95 bits per heavy atom. The van der Waals surface area contributed by atoms with E-state index in [1.54, 1.807) is 11.3 Å². The van der Waals surface area contributed by atoms with E-state index < -0.39 is 0 Å². The summed E-state index contributed by atoms with van der Waals surface area (Å²) in [5.74, 6) is 1.01. The van der Waals surface area contributed by atoms with Crippen molar-refractivity contribution in [2.45, 2.75) is 52.3 Å². The molecule has 0 amide bonds. The summed E-state index contributed by atoms with van der Waals surface area (Å²) in [6.07, 6.45) is 2.93. The van der Waals surface area contributed by atoms with Gasteiger partial charge in [0, 0.05) is 30.1 Å². The van der Waals surface area contributed by atoms with Gasteiger partial charge in [-0.25, -0.2) is 4.98 Å². The molecule has 0 saturated heterocycles. The normalized spacial score (nSPS) is 16.0. The summed E-state index contributed by atoms with van der Waals surface area (Å²) >= 11 is 1.74. The highest BCUT2D eigenvalue weighted by atomic mass is 32.1. The zero-order chi connectivity index (χ0) is 15.0. The zero-order valence-corrected chi connectivity index (χ0v) is 13.9. The maximum absolute atomic E-state index is 6.14. The van der Waals surface area contributed by atoms with Crippen LogP contribution in [0.25, 0.3) is 10.6 Å². The average molecular weight is 302 g/mol. The molecule has 0 fully saturated rings. The summed E-state index contributed by atoms with van der Waals surface area (Å²) < 4.78 is 6.14. The van der Waals surface area contributed by atoms with Crippen LogP contribution in [-0.4, -0.2) is 16.6 Å². The monoisotopic (exact) mass is 302 g/mol. The van der Waals surface area contributed by atoms with Crippen molar-refractivity contribution < 1.29 is 4.74 Å². The van der Waals surface area contributed by atoms with Crippen LogP contribution in [0.1, 0.15) is 38.1 Å². The third kappa shape index (κ3) is 3.11. The second-order valence-electron chi connectivity index (χ2n) is 6.50. The molecule has 2 aromatic rings. The summed E-state index contributed by atoms with van der Waals surface area (Å²) in [6.45, 7) is 9.45. The Balaban J connectivity index is 1.88. The molecule has 1 aromatic heterocycles. The van der Waals surface area contributed by atoms with Gasteiger partial charge in [-0.3, -0.25) is 0 Å². The average Bonchev–Trinajstić information content (AvgIpc) is 2.97. The van der Waals surface area contributed by atoms with Crippen LogP contribution in [0.4, 0.5) is 0 Å². The Hall–Kier alpha value is -1.39. The van der Waals surface area contributed by atoms with E-state index in [-0.39, 0.29) is 5.60 Å². The number of hydrogen-bond donors (Lipinski definition) is 1. The lowest BCUT2D eigenvalue weighted by Crippen LogP contribution is -2.24. The lowest BCUT2D eigenvalue weighted by molar-refractivity contribution is 0.139. The van der Waals surface area contributed by atoms with E-state index in [1.807, 2.05) is 6.20 Å². The van der Waals surface area contributed by atoms with Crippen LogP contribution >= 0.6 is 11.3 Å². The zero-order valence-electron chi connectivity index (χ0n) is 13.1. The van der Waals surface area contributed by atoms with Gasteiger partial charge < -0.3 is 10.1 Å². The van der Waals surface area contributed by atoms with Crippen LogP contribution in [-0.2, 0) is 13.0 Å². The van der Waals surface area contributed by atoms with E-state index >= 15 is 0 Å². The Bertz CT molecular complexity index is 646. The topological polar surface area (TPSA) is 34.2 Å². The number of thiazole rings is 1. The van der Waals surface area contributed by atoms with Crippen molar-refractivity contribution >= 4 is 11.3 Å². The van der Waals surface area contributed by atoms with E-state index in [4.69, 9.17) is 4.74 Å². The minimum Gasteiger partial charge on any atom is -0.486 e. The molecule has 1 aromatic carbocycles. The quantitative estimate of drug-likeness (QED) is 0.926. The van der Waals surface area contributed by atoms with Crippen LogP contribution in [0, 0.1) is 0 Å². The summed E-state index contributed by atoms with van der Waals surface area (Å²) in [7, 11) is 0. The van der Waals surface area contributed by atoms with Gasteiger partial charge in [0.1, 0.15) is 16.4 Å². The minimum absolute atomic E-state index is 0.113. The Morgan fingerprint density at radius 1 is 1.38 bits per heavy atom. The summed E-state index contributed by atoms with van der Waals surface area (Å²) in [6, 6.07) is 6.86. The molecule has 2 heterocycles. The highest BCUT2D eigenvalue weighted by Crippen LogP contribution is 2.43. The number of nitrogens with one attached hydrogen (secondary N) is 1. The molecule has 3 nitrogen and oxygen atoms in total. The smallest absolute Gasteiger partial charge is 0.133 e. The molecule has 0 atom stereocenters. The van der Waals surface area contributed by atoms with E-state index in [1.165, 1.54) is 10.4 Å².